The van der Waals surface area contributed by atoms with Crippen LogP contribution in [0.1, 0.15) is 51.0 Å². The number of hydrogen-bond acceptors (Lipinski definition) is 2. The number of anilines is 2. The topological polar surface area (TPSA) is 58.2 Å². The Kier molecular flexibility index (Phi) is 6.39. The monoisotopic (exact) mass is 314 g/mol. The van der Waals surface area contributed by atoms with Crippen LogP contribution in [0.2, 0.25) is 0 Å². The van der Waals surface area contributed by atoms with Crippen LogP contribution in [0.15, 0.2) is 30.4 Å². The van der Waals surface area contributed by atoms with Gasteiger partial charge in [-0.3, -0.25) is 9.59 Å². The molecule has 0 unspecified atom stereocenters. The summed E-state index contributed by atoms with van der Waals surface area (Å²) in [6, 6.07) is 5.70. The second-order valence-corrected chi connectivity index (χ2v) is 6.17. The summed E-state index contributed by atoms with van der Waals surface area (Å²) < 4.78 is 0. The van der Waals surface area contributed by atoms with Crippen LogP contribution in [-0.4, -0.2) is 11.8 Å². The van der Waals surface area contributed by atoms with Gasteiger partial charge < -0.3 is 10.6 Å². The van der Waals surface area contributed by atoms with Gasteiger partial charge in [-0.2, -0.15) is 0 Å². The highest BCUT2D eigenvalue weighted by molar-refractivity contribution is 6.00. The minimum Gasteiger partial charge on any atom is -0.324 e. The second-order valence-electron chi connectivity index (χ2n) is 6.17. The SMILES string of the molecule is CCCCC(=O)Nc1ccc(C)cc1NC(=O)[C@@H]1CC=CCC1. The number of allylic oxidation sites excluding steroid dienone is 2. The molecule has 1 aromatic rings. The Morgan fingerprint density at radius 3 is 2.70 bits per heavy atom. The molecule has 23 heavy (non-hydrogen) atoms. The van der Waals surface area contributed by atoms with Crippen LogP contribution in [0.4, 0.5) is 11.4 Å². The third-order valence-electron chi connectivity index (χ3n) is 4.10. The van der Waals surface area contributed by atoms with Crippen LogP contribution >= 0.6 is 0 Å². The minimum atomic E-state index is -0.00759. The molecule has 1 aromatic carbocycles. The van der Waals surface area contributed by atoms with Gasteiger partial charge in [0, 0.05) is 12.3 Å². The Bertz CT molecular complexity index is 593. The summed E-state index contributed by atoms with van der Waals surface area (Å²) in [5.74, 6) is 0.0416. The Hall–Kier alpha value is -2.10. The largest absolute Gasteiger partial charge is 0.324 e. The van der Waals surface area contributed by atoms with Crippen molar-refractivity contribution in [3.8, 4) is 0 Å². The predicted molar refractivity (Wildman–Crippen MR) is 94.4 cm³/mol. The lowest BCUT2D eigenvalue weighted by atomic mass is 9.93. The molecule has 124 valence electrons. The van der Waals surface area contributed by atoms with Gasteiger partial charge in [-0.05, 0) is 50.3 Å². The van der Waals surface area contributed by atoms with E-state index in [1.54, 1.807) is 0 Å². The van der Waals surface area contributed by atoms with Gasteiger partial charge in [-0.1, -0.05) is 31.6 Å². The zero-order valence-electron chi connectivity index (χ0n) is 14.0. The molecular formula is C19H26N2O2. The first kappa shape index (κ1) is 17.3. The molecule has 4 heteroatoms. The van der Waals surface area contributed by atoms with E-state index in [0.717, 1.165) is 37.7 Å². The molecule has 0 fully saturated rings. The van der Waals surface area contributed by atoms with Crippen LogP contribution in [0.3, 0.4) is 0 Å². The van der Waals surface area contributed by atoms with Gasteiger partial charge in [0.15, 0.2) is 0 Å². The molecular weight excluding hydrogens is 288 g/mol. The first-order valence-electron chi connectivity index (χ1n) is 8.46. The molecule has 2 amide bonds. The van der Waals surface area contributed by atoms with E-state index in [-0.39, 0.29) is 17.7 Å². The molecule has 0 radical (unpaired) electrons. The summed E-state index contributed by atoms with van der Waals surface area (Å²) in [6.07, 6.45) is 9.17. The van der Waals surface area contributed by atoms with Crippen LogP contribution in [0, 0.1) is 12.8 Å². The van der Waals surface area contributed by atoms with Crippen molar-refractivity contribution in [2.75, 3.05) is 10.6 Å². The molecule has 2 N–H and O–H groups in total. The molecule has 1 aliphatic carbocycles. The fourth-order valence-electron chi connectivity index (χ4n) is 2.69. The summed E-state index contributed by atoms with van der Waals surface area (Å²) in [6.45, 7) is 4.03. The predicted octanol–water partition coefficient (Wildman–Crippen LogP) is 4.42. The van der Waals surface area contributed by atoms with Crippen LogP contribution in [0.25, 0.3) is 0 Å². The Morgan fingerprint density at radius 2 is 2.00 bits per heavy atom. The molecule has 0 aliphatic heterocycles. The molecule has 0 bridgehead atoms. The first-order chi connectivity index (χ1) is 11.1. The number of unbranched alkanes of at least 4 members (excludes halogenated alkanes) is 1. The van der Waals surface area contributed by atoms with E-state index in [4.69, 9.17) is 0 Å². The summed E-state index contributed by atoms with van der Waals surface area (Å²) in [5.41, 5.74) is 2.42. The maximum absolute atomic E-state index is 12.4. The summed E-state index contributed by atoms with van der Waals surface area (Å²) in [5, 5.41) is 5.91. The Morgan fingerprint density at radius 1 is 1.17 bits per heavy atom. The normalized spacial score (nSPS) is 16.9. The fourth-order valence-corrected chi connectivity index (χ4v) is 2.69. The molecule has 0 saturated carbocycles. The number of nitrogens with one attached hydrogen (secondary N) is 2. The number of carbonyl (C=O) groups excluding carboxylic acids is 2. The quantitative estimate of drug-likeness (QED) is 0.764. The standard InChI is InChI=1S/C19H26N2O2/c1-3-4-10-18(22)20-16-12-11-14(2)13-17(16)21-19(23)15-8-6-5-7-9-15/h5-6,11-13,15H,3-4,7-10H2,1-2H3,(H,20,22)(H,21,23)/t15-/m1/s1. The Labute approximate surface area is 138 Å². The summed E-state index contributed by atoms with van der Waals surface area (Å²) in [7, 11) is 0. The van der Waals surface area contributed by atoms with Crippen molar-refractivity contribution in [2.24, 2.45) is 5.92 Å². The molecule has 0 aromatic heterocycles. The molecule has 0 saturated heterocycles. The summed E-state index contributed by atoms with van der Waals surface area (Å²) in [4.78, 5) is 24.4. The fraction of sp³-hybridized carbons (Fsp3) is 0.474. The molecule has 0 spiro atoms. The van der Waals surface area contributed by atoms with Gasteiger partial charge in [0.2, 0.25) is 11.8 Å². The van der Waals surface area contributed by atoms with Crippen molar-refractivity contribution in [2.45, 2.75) is 52.4 Å². The van der Waals surface area contributed by atoms with E-state index >= 15 is 0 Å². The number of benzene rings is 1. The van der Waals surface area contributed by atoms with E-state index in [1.807, 2.05) is 25.1 Å². The smallest absolute Gasteiger partial charge is 0.227 e. The third kappa shape index (κ3) is 5.23. The highest BCUT2D eigenvalue weighted by Gasteiger charge is 2.20. The molecule has 2 rings (SSSR count). The number of aryl methyl sites for hydroxylation is 1. The van der Waals surface area contributed by atoms with Crippen molar-refractivity contribution >= 4 is 23.2 Å². The first-order valence-corrected chi connectivity index (χ1v) is 8.46. The van der Waals surface area contributed by atoms with Crippen LogP contribution < -0.4 is 10.6 Å². The average Bonchev–Trinajstić information content (AvgIpc) is 2.56. The zero-order chi connectivity index (χ0) is 16.7. The van der Waals surface area contributed by atoms with Crippen LogP contribution in [-0.2, 0) is 9.59 Å². The van der Waals surface area contributed by atoms with E-state index in [9.17, 15) is 9.59 Å². The van der Waals surface area contributed by atoms with Crippen molar-refractivity contribution < 1.29 is 9.59 Å². The van der Waals surface area contributed by atoms with E-state index in [2.05, 4.69) is 29.7 Å². The Balaban J connectivity index is 2.07. The van der Waals surface area contributed by atoms with Gasteiger partial charge in [0.05, 0.1) is 11.4 Å². The molecule has 4 nitrogen and oxygen atoms in total. The van der Waals surface area contributed by atoms with Gasteiger partial charge >= 0.3 is 0 Å². The van der Waals surface area contributed by atoms with Crippen molar-refractivity contribution in [3.05, 3.63) is 35.9 Å². The lowest BCUT2D eigenvalue weighted by molar-refractivity contribution is -0.120. The molecule has 1 atom stereocenters. The second kappa shape index (κ2) is 8.51. The van der Waals surface area contributed by atoms with E-state index in [1.165, 1.54) is 0 Å². The highest BCUT2D eigenvalue weighted by atomic mass is 16.2. The lowest BCUT2D eigenvalue weighted by Gasteiger charge is -2.19. The van der Waals surface area contributed by atoms with Gasteiger partial charge in [0.1, 0.15) is 0 Å². The van der Waals surface area contributed by atoms with Gasteiger partial charge in [-0.15, -0.1) is 0 Å². The summed E-state index contributed by atoms with van der Waals surface area (Å²) >= 11 is 0. The third-order valence-corrected chi connectivity index (χ3v) is 4.10. The highest BCUT2D eigenvalue weighted by Crippen LogP contribution is 2.26. The van der Waals surface area contributed by atoms with E-state index in [0.29, 0.717) is 17.8 Å². The van der Waals surface area contributed by atoms with Gasteiger partial charge in [-0.25, -0.2) is 0 Å². The zero-order valence-corrected chi connectivity index (χ0v) is 14.0. The number of hydrogen-bond donors (Lipinski definition) is 2. The number of carbonyl (C=O) groups is 2. The maximum atomic E-state index is 12.4. The van der Waals surface area contributed by atoms with Crippen molar-refractivity contribution in [1.29, 1.82) is 0 Å². The maximum Gasteiger partial charge on any atom is 0.227 e. The number of amides is 2. The average molecular weight is 314 g/mol. The van der Waals surface area contributed by atoms with Gasteiger partial charge in [0.25, 0.3) is 0 Å². The number of rotatable bonds is 6. The molecule has 0 heterocycles. The van der Waals surface area contributed by atoms with Crippen LogP contribution in [0.5, 0.6) is 0 Å². The van der Waals surface area contributed by atoms with Crippen molar-refractivity contribution in [1.82, 2.24) is 0 Å². The lowest BCUT2D eigenvalue weighted by Crippen LogP contribution is -2.24. The molecule has 1 aliphatic rings. The van der Waals surface area contributed by atoms with E-state index < -0.39 is 0 Å². The minimum absolute atomic E-state index is 0.00759. The van der Waals surface area contributed by atoms with Crippen molar-refractivity contribution in [3.63, 3.8) is 0 Å².